The fourth-order valence-corrected chi connectivity index (χ4v) is 1.14. The van der Waals surface area contributed by atoms with Gasteiger partial charge in [0.15, 0.2) is 0 Å². The van der Waals surface area contributed by atoms with Gasteiger partial charge in [0.2, 0.25) is 0 Å². The van der Waals surface area contributed by atoms with Crippen molar-refractivity contribution in [2.24, 2.45) is 5.73 Å². The van der Waals surface area contributed by atoms with Gasteiger partial charge in [0.1, 0.15) is 0 Å². The molecule has 0 amide bonds. The summed E-state index contributed by atoms with van der Waals surface area (Å²) < 4.78 is 36.9. The largest absolute Gasteiger partial charge is 0.418 e. The monoisotopic (exact) mass is 192 g/mol. The summed E-state index contributed by atoms with van der Waals surface area (Å²) in [7, 11) is 0. The van der Waals surface area contributed by atoms with Crippen molar-refractivity contribution in [1.29, 1.82) is 0 Å². The number of nitrogens with two attached hydrogens (primary N) is 1. The van der Waals surface area contributed by atoms with Gasteiger partial charge in [0.05, 0.1) is 5.56 Å². The van der Waals surface area contributed by atoms with Gasteiger partial charge in [0.25, 0.3) is 0 Å². The zero-order valence-electron chi connectivity index (χ0n) is 7.15. The summed E-state index contributed by atoms with van der Waals surface area (Å²) in [4.78, 5) is 2.52. The van der Waals surface area contributed by atoms with E-state index in [2.05, 4.69) is 4.98 Å². The minimum Gasteiger partial charge on any atom is -0.363 e. The van der Waals surface area contributed by atoms with Crippen LogP contribution < -0.4 is 5.73 Å². The Morgan fingerprint density at radius 3 is 2.62 bits per heavy atom. The number of aromatic nitrogens is 1. The summed E-state index contributed by atoms with van der Waals surface area (Å²) in [6.45, 7) is 1.74. The van der Waals surface area contributed by atoms with Crippen molar-refractivity contribution < 1.29 is 13.2 Å². The smallest absolute Gasteiger partial charge is 0.363 e. The molecular formula is C8H11F3N2. The Balaban J connectivity index is 3.03. The SMILES string of the molecule is CC[C@H](N)c1[nH]ccc1C(F)(F)F. The predicted molar refractivity (Wildman–Crippen MR) is 43.0 cm³/mol. The first-order valence-corrected chi connectivity index (χ1v) is 3.96. The molecule has 0 aliphatic carbocycles. The number of rotatable bonds is 2. The summed E-state index contributed by atoms with van der Waals surface area (Å²) in [5.41, 5.74) is 4.90. The van der Waals surface area contributed by atoms with Crippen LogP contribution in [0, 0.1) is 0 Å². The van der Waals surface area contributed by atoms with Gasteiger partial charge >= 0.3 is 6.18 Å². The molecular weight excluding hydrogens is 181 g/mol. The van der Waals surface area contributed by atoms with Crippen molar-refractivity contribution >= 4 is 0 Å². The van der Waals surface area contributed by atoms with Gasteiger partial charge < -0.3 is 10.7 Å². The van der Waals surface area contributed by atoms with E-state index < -0.39 is 17.8 Å². The average molecular weight is 192 g/mol. The van der Waals surface area contributed by atoms with Crippen molar-refractivity contribution in [3.8, 4) is 0 Å². The van der Waals surface area contributed by atoms with Crippen LogP contribution in [0.15, 0.2) is 12.3 Å². The Morgan fingerprint density at radius 2 is 2.15 bits per heavy atom. The highest BCUT2D eigenvalue weighted by Gasteiger charge is 2.35. The van der Waals surface area contributed by atoms with Crippen LogP contribution in [0.5, 0.6) is 0 Å². The first-order valence-electron chi connectivity index (χ1n) is 3.96. The lowest BCUT2D eigenvalue weighted by Gasteiger charge is -2.12. The summed E-state index contributed by atoms with van der Waals surface area (Å²) in [6.07, 6.45) is -2.58. The van der Waals surface area contributed by atoms with E-state index in [0.29, 0.717) is 6.42 Å². The van der Waals surface area contributed by atoms with Crippen molar-refractivity contribution in [2.75, 3.05) is 0 Å². The predicted octanol–water partition coefficient (Wildman–Crippen LogP) is 2.44. The standard InChI is InChI=1S/C8H11F3N2/c1-2-6(12)7-5(3-4-13-7)8(9,10)11/h3-4,6,13H,2,12H2,1H3/t6-/m0/s1. The summed E-state index contributed by atoms with van der Waals surface area (Å²) in [5, 5.41) is 0. The van der Waals surface area contributed by atoms with E-state index in [1.54, 1.807) is 6.92 Å². The second-order valence-corrected chi connectivity index (χ2v) is 2.82. The highest BCUT2D eigenvalue weighted by molar-refractivity contribution is 5.26. The Labute approximate surface area is 73.9 Å². The second kappa shape index (κ2) is 3.41. The van der Waals surface area contributed by atoms with Crippen molar-refractivity contribution in [1.82, 2.24) is 4.98 Å². The number of hydrogen-bond donors (Lipinski definition) is 2. The molecule has 2 nitrogen and oxygen atoms in total. The number of halogens is 3. The lowest BCUT2D eigenvalue weighted by Crippen LogP contribution is -2.15. The van der Waals surface area contributed by atoms with Gasteiger partial charge in [-0.3, -0.25) is 0 Å². The number of alkyl halides is 3. The first kappa shape index (κ1) is 10.1. The highest BCUT2D eigenvalue weighted by Crippen LogP contribution is 2.33. The van der Waals surface area contributed by atoms with Crippen LogP contribution >= 0.6 is 0 Å². The molecule has 0 aromatic carbocycles. The maximum Gasteiger partial charge on any atom is 0.418 e. The molecule has 5 heteroatoms. The topological polar surface area (TPSA) is 41.8 Å². The second-order valence-electron chi connectivity index (χ2n) is 2.82. The maximum absolute atomic E-state index is 12.3. The fourth-order valence-electron chi connectivity index (χ4n) is 1.14. The van der Waals surface area contributed by atoms with E-state index in [9.17, 15) is 13.2 Å². The zero-order chi connectivity index (χ0) is 10.1. The lowest BCUT2D eigenvalue weighted by atomic mass is 10.1. The molecule has 0 radical (unpaired) electrons. The Bertz CT molecular complexity index is 277. The summed E-state index contributed by atoms with van der Waals surface area (Å²) in [6, 6.07) is 0.428. The average Bonchev–Trinajstić information content (AvgIpc) is 2.49. The quantitative estimate of drug-likeness (QED) is 0.742. The lowest BCUT2D eigenvalue weighted by molar-refractivity contribution is -0.138. The molecule has 1 heterocycles. The third-order valence-electron chi connectivity index (χ3n) is 1.90. The highest BCUT2D eigenvalue weighted by atomic mass is 19.4. The molecule has 0 aliphatic heterocycles. The van der Waals surface area contributed by atoms with Gasteiger partial charge in [-0.15, -0.1) is 0 Å². The first-order chi connectivity index (χ1) is 5.96. The molecule has 0 bridgehead atoms. The Morgan fingerprint density at radius 1 is 1.54 bits per heavy atom. The van der Waals surface area contributed by atoms with Crippen LogP contribution in [-0.2, 0) is 6.18 Å². The van der Waals surface area contributed by atoms with Gasteiger partial charge in [-0.05, 0) is 12.5 Å². The molecule has 0 saturated carbocycles. The van der Waals surface area contributed by atoms with Gasteiger partial charge in [0, 0.05) is 17.9 Å². The van der Waals surface area contributed by atoms with E-state index >= 15 is 0 Å². The molecule has 0 spiro atoms. The number of aromatic amines is 1. The molecule has 0 aliphatic rings. The molecule has 0 unspecified atom stereocenters. The van der Waals surface area contributed by atoms with Crippen LogP contribution in [0.2, 0.25) is 0 Å². The molecule has 1 rings (SSSR count). The molecule has 74 valence electrons. The van der Waals surface area contributed by atoms with Crippen LogP contribution in [0.1, 0.15) is 30.6 Å². The van der Waals surface area contributed by atoms with E-state index in [4.69, 9.17) is 5.73 Å². The summed E-state index contributed by atoms with van der Waals surface area (Å²) >= 11 is 0. The molecule has 1 aromatic heterocycles. The molecule has 0 fully saturated rings. The van der Waals surface area contributed by atoms with E-state index in [1.807, 2.05) is 0 Å². The maximum atomic E-state index is 12.3. The van der Waals surface area contributed by atoms with Crippen molar-refractivity contribution in [2.45, 2.75) is 25.6 Å². The molecule has 0 saturated heterocycles. The van der Waals surface area contributed by atoms with Crippen LogP contribution in [0.25, 0.3) is 0 Å². The molecule has 1 atom stereocenters. The minimum atomic E-state index is -4.32. The summed E-state index contributed by atoms with van der Waals surface area (Å²) in [5.74, 6) is 0. The van der Waals surface area contributed by atoms with Gasteiger partial charge in [-0.2, -0.15) is 13.2 Å². The van der Waals surface area contributed by atoms with E-state index in [0.717, 1.165) is 6.07 Å². The molecule has 1 aromatic rings. The van der Waals surface area contributed by atoms with E-state index in [1.165, 1.54) is 6.20 Å². The molecule has 3 N–H and O–H groups in total. The van der Waals surface area contributed by atoms with Crippen molar-refractivity contribution in [3.05, 3.63) is 23.5 Å². The van der Waals surface area contributed by atoms with E-state index in [-0.39, 0.29) is 5.69 Å². The zero-order valence-corrected chi connectivity index (χ0v) is 7.15. The normalized spacial score (nSPS) is 14.5. The van der Waals surface area contributed by atoms with Crippen molar-refractivity contribution in [3.63, 3.8) is 0 Å². The van der Waals surface area contributed by atoms with Crippen LogP contribution in [0.3, 0.4) is 0 Å². The Hall–Kier alpha value is -0.970. The third-order valence-corrected chi connectivity index (χ3v) is 1.90. The number of H-pyrrole nitrogens is 1. The fraction of sp³-hybridized carbons (Fsp3) is 0.500. The minimum absolute atomic E-state index is 0.0648. The Kier molecular flexibility index (Phi) is 2.66. The van der Waals surface area contributed by atoms with Crippen LogP contribution in [-0.4, -0.2) is 4.98 Å². The van der Waals surface area contributed by atoms with Gasteiger partial charge in [-0.25, -0.2) is 0 Å². The van der Waals surface area contributed by atoms with Crippen LogP contribution in [0.4, 0.5) is 13.2 Å². The molecule has 13 heavy (non-hydrogen) atoms. The third kappa shape index (κ3) is 2.03. The van der Waals surface area contributed by atoms with Gasteiger partial charge in [-0.1, -0.05) is 6.92 Å². The number of hydrogen-bond acceptors (Lipinski definition) is 1. The number of nitrogens with one attached hydrogen (secondary N) is 1.